The summed E-state index contributed by atoms with van der Waals surface area (Å²) in [7, 11) is 0. The molecular weight excluding hydrogens is 138 g/mol. The van der Waals surface area contributed by atoms with Crippen molar-refractivity contribution in [1.29, 1.82) is 0 Å². The van der Waals surface area contributed by atoms with Gasteiger partial charge in [-0.05, 0) is 6.42 Å². The van der Waals surface area contributed by atoms with Crippen molar-refractivity contribution >= 4 is 11.9 Å². The van der Waals surface area contributed by atoms with Crippen LogP contribution >= 0.6 is 0 Å². The normalized spacial score (nSPS) is 21.5. The molecular formula is C5H9NO4. The zero-order valence-corrected chi connectivity index (χ0v) is 5.00. The monoisotopic (exact) mass is 150 g/mol. The average Bonchev–Trinajstić information content (AvgIpc) is 1.83. The smallest absolute Gasteiger partial charge is 0.320 e. The minimum absolute atomic E-state index is 1.11. The highest BCUT2D eigenvalue weighted by atomic mass is 16.4. The minimum Gasteiger partial charge on any atom is -0.481 e. The van der Waals surface area contributed by atoms with Crippen LogP contribution < -0.4 is 5.73 Å². The van der Waals surface area contributed by atoms with Gasteiger partial charge < -0.3 is 15.9 Å². The number of carboxylic acid groups (broad SMARTS) is 2. The first-order chi connectivity index (χ1) is 5.59. The standard InChI is InChI=1S/C5H9NO4/c6-3(5(9)10)1-2-4(7)8/h3H,1-2,6H2,(H,7,8)(H,9,10)/i2D2,3D. The van der Waals surface area contributed by atoms with E-state index in [0.29, 0.717) is 0 Å². The Labute approximate surface area is 61.7 Å². The van der Waals surface area contributed by atoms with Crippen molar-refractivity contribution in [3.8, 4) is 0 Å². The molecule has 5 nitrogen and oxygen atoms in total. The van der Waals surface area contributed by atoms with Crippen LogP contribution in [-0.2, 0) is 9.59 Å². The Bertz CT molecular complexity index is 216. The number of hydrogen-bond acceptors (Lipinski definition) is 3. The van der Waals surface area contributed by atoms with Gasteiger partial charge in [0.1, 0.15) is 6.02 Å². The fraction of sp³-hybridized carbons (Fsp3) is 0.600. The lowest BCUT2D eigenvalue weighted by Gasteiger charge is -2.01. The van der Waals surface area contributed by atoms with Crippen molar-refractivity contribution in [1.82, 2.24) is 0 Å². The summed E-state index contributed by atoms with van der Waals surface area (Å²) in [5.41, 5.74) is 4.85. The van der Waals surface area contributed by atoms with Crippen molar-refractivity contribution in [2.24, 2.45) is 5.73 Å². The molecule has 0 heterocycles. The highest BCUT2D eigenvalue weighted by Gasteiger charge is 2.12. The predicted octanol–water partition coefficient (Wildman–Crippen LogP) is -0.737. The molecule has 0 aliphatic carbocycles. The maximum absolute atomic E-state index is 10.2. The van der Waals surface area contributed by atoms with Crippen LogP contribution in [0, 0.1) is 0 Å². The van der Waals surface area contributed by atoms with Gasteiger partial charge in [0.15, 0.2) is 0 Å². The highest BCUT2D eigenvalue weighted by Crippen LogP contribution is 1.93. The van der Waals surface area contributed by atoms with Crippen LogP contribution in [0.3, 0.4) is 0 Å². The molecule has 0 aliphatic rings. The van der Waals surface area contributed by atoms with Gasteiger partial charge in [0.25, 0.3) is 0 Å². The largest absolute Gasteiger partial charge is 0.481 e. The SMILES string of the molecule is [2H]C([2H])(CC([2H])(N)C(=O)O)C(=O)O. The summed E-state index contributed by atoms with van der Waals surface area (Å²) in [6.45, 7) is 0. The van der Waals surface area contributed by atoms with Crippen LogP contribution in [-0.4, -0.2) is 28.2 Å². The van der Waals surface area contributed by atoms with Gasteiger partial charge >= 0.3 is 11.9 Å². The molecule has 0 radical (unpaired) electrons. The summed E-state index contributed by atoms with van der Waals surface area (Å²) >= 11 is 0. The van der Waals surface area contributed by atoms with Crippen LogP contribution in [0.1, 0.15) is 16.9 Å². The van der Waals surface area contributed by atoms with Crippen molar-refractivity contribution in [2.75, 3.05) is 0 Å². The summed E-state index contributed by atoms with van der Waals surface area (Å²) in [6, 6.07) is -2.62. The van der Waals surface area contributed by atoms with Crippen molar-refractivity contribution in [2.45, 2.75) is 18.8 Å². The molecule has 0 bridgehead atoms. The molecule has 0 spiro atoms. The third-order valence-electron chi connectivity index (χ3n) is 0.705. The van der Waals surface area contributed by atoms with Gasteiger partial charge in [-0.1, -0.05) is 0 Å². The fourth-order valence-electron chi connectivity index (χ4n) is 0.246. The summed E-state index contributed by atoms with van der Waals surface area (Å²) in [5.74, 6) is -3.60. The molecule has 0 fully saturated rings. The van der Waals surface area contributed by atoms with Gasteiger partial charge in [0.2, 0.25) is 0 Å². The first-order valence-corrected chi connectivity index (χ1v) is 2.35. The Morgan fingerprint density at radius 3 is 2.50 bits per heavy atom. The highest BCUT2D eigenvalue weighted by molar-refractivity contribution is 5.74. The van der Waals surface area contributed by atoms with Crippen LogP contribution in [0.15, 0.2) is 0 Å². The Kier molecular flexibility index (Phi) is 1.79. The van der Waals surface area contributed by atoms with E-state index in [4.69, 9.17) is 20.1 Å². The molecule has 10 heavy (non-hydrogen) atoms. The second-order valence-electron chi connectivity index (χ2n) is 1.49. The maximum Gasteiger partial charge on any atom is 0.320 e. The van der Waals surface area contributed by atoms with Crippen molar-refractivity contribution < 1.29 is 23.9 Å². The van der Waals surface area contributed by atoms with E-state index in [1.165, 1.54) is 0 Å². The van der Waals surface area contributed by atoms with E-state index in [-0.39, 0.29) is 0 Å². The molecule has 4 N–H and O–H groups in total. The van der Waals surface area contributed by atoms with E-state index in [1.807, 2.05) is 0 Å². The Balaban J connectivity index is 4.61. The van der Waals surface area contributed by atoms with E-state index in [9.17, 15) is 9.59 Å². The van der Waals surface area contributed by atoms with Gasteiger partial charge in [-0.25, -0.2) is 0 Å². The first-order valence-electron chi connectivity index (χ1n) is 3.85. The lowest BCUT2D eigenvalue weighted by molar-refractivity contribution is -0.139. The first kappa shape index (κ1) is 4.68. The third-order valence-corrected chi connectivity index (χ3v) is 0.705. The molecule has 0 aliphatic heterocycles. The number of nitrogens with two attached hydrogens (primary N) is 1. The molecule has 1 atom stereocenters. The molecule has 1 unspecified atom stereocenters. The molecule has 0 rings (SSSR count). The van der Waals surface area contributed by atoms with Gasteiger partial charge in [-0.3, -0.25) is 9.59 Å². The molecule has 0 aromatic rings. The topological polar surface area (TPSA) is 101 Å². The summed E-state index contributed by atoms with van der Waals surface area (Å²) in [4.78, 5) is 20.5. The number of hydrogen-bond donors (Lipinski definition) is 3. The molecule has 0 saturated carbocycles. The van der Waals surface area contributed by atoms with Gasteiger partial charge in [0, 0.05) is 9.11 Å². The van der Waals surface area contributed by atoms with Crippen LogP contribution in [0.5, 0.6) is 0 Å². The number of rotatable bonds is 4. The van der Waals surface area contributed by atoms with E-state index in [0.717, 1.165) is 0 Å². The fourth-order valence-corrected chi connectivity index (χ4v) is 0.246. The molecule has 0 amide bonds. The summed E-state index contributed by atoms with van der Waals surface area (Å²) in [6.07, 6.45) is -3.92. The number of carbonyl (C=O) groups is 2. The second kappa shape index (κ2) is 3.84. The van der Waals surface area contributed by atoms with Gasteiger partial charge in [0.05, 0.1) is 1.37 Å². The van der Waals surface area contributed by atoms with E-state index in [1.54, 1.807) is 0 Å². The van der Waals surface area contributed by atoms with E-state index >= 15 is 0 Å². The Morgan fingerprint density at radius 2 is 2.20 bits per heavy atom. The minimum atomic E-state index is -2.81. The Morgan fingerprint density at radius 1 is 1.70 bits per heavy atom. The number of carboxylic acids is 2. The van der Waals surface area contributed by atoms with E-state index in [2.05, 4.69) is 0 Å². The van der Waals surface area contributed by atoms with Crippen LogP contribution in [0.4, 0.5) is 0 Å². The summed E-state index contributed by atoms with van der Waals surface area (Å²) < 4.78 is 20.6. The molecule has 58 valence electrons. The van der Waals surface area contributed by atoms with Crippen molar-refractivity contribution in [3.63, 3.8) is 0 Å². The van der Waals surface area contributed by atoms with Gasteiger partial charge in [-0.15, -0.1) is 0 Å². The van der Waals surface area contributed by atoms with Crippen LogP contribution in [0.25, 0.3) is 0 Å². The lowest BCUT2D eigenvalue weighted by atomic mass is 10.2. The third kappa shape index (κ3) is 3.85. The molecule has 0 saturated heterocycles. The van der Waals surface area contributed by atoms with Crippen molar-refractivity contribution in [3.05, 3.63) is 0 Å². The van der Waals surface area contributed by atoms with Gasteiger partial charge in [-0.2, -0.15) is 0 Å². The maximum atomic E-state index is 10.2. The average molecular weight is 150 g/mol. The molecule has 5 heteroatoms. The quantitative estimate of drug-likeness (QED) is 0.490. The predicted molar refractivity (Wildman–Crippen MR) is 32.5 cm³/mol. The zero-order valence-electron chi connectivity index (χ0n) is 8.00. The summed E-state index contributed by atoms with van der Waals surface area (Å²) in [5, 5.41) is 16.6. The number of aliphatic carboxylic acids is 2. The lowest BCUT2D eigenvalue weighted by Crippen LogP contribution is -2.30. The second-order valence-corrected chi connectivity index (χ2v) is 1.49. The molecule has 0 aromatic carbocycles. The Hall–Kier alpha value is -1.10. The zero-order chi connectivity index (χ0) is 10.9. The molecule has 0 aromatic heterocycles. The van der Waals surface area contributed by atoms with E-state index < -0.39 is 30.8 Å². The van der Waals surface area contributed by atoms with Crippen LogP contribution in [0.2, 0.25) is 0 Å².